The summed E-state index contributed by atoms with van der Waals surface area (Å²) in [5, 5.41) is 3.65. The zero-order valence-corrected chi connectivity index (χ0v) is 11.1. The zero-order chi connectivity index (χ0) is 13.1. The Morgan fingerprint density at radius 2 is 1.78 bits per heavy atom. The summed E-state index contributed by atoms with van der Waals surface area (Å²) in [6.07, 6.45) is 0. The monoisotopic (exact) mass is 263 g/mol. The van der Waals surface area contributed by atoms with Gasteiger partial charge in [0.25, 0.3) is 0 Å². The molecule has 1 atom stereocenters. The first-order valence-corrected chi connectivity index (χ1v) is 6.22. The van der Waals surface area contributed by atoms with Crippen LogP contribution in [0, 0.1) is 12.7 Å². The lowest BCUT2D eigenvalue weighted by atomic mass is 10.1. The van der Waals surface area contributed by atoms with Gasteiger partial charge >= 0.3 is 0 Å². The number of rotatable bonds is 3. The fourth-order valence-corrected chi connectivity index (χ4v) is 1.95. The molecule has 2 aromatic carbocycles. The lowest BCUT2D eigenvalue weighted by Crippen LogP contribution is -2.07. The maximum Gasteiger partial charge on any atom is 0.146 e. The quantitative estimate of drug-likeness (QED) is 0.825. The molecule has 0 fully saturated rings. The van der Waals surface area contributed by atoms with Crippen molar-refractivity contribution >= 4 is 17.3 Å². The number of hydrogen-bond acceptors (Lipinski definition) is 1. The lowest BCUT2D eigenvalue weighted by molar-refractivity contribution is 0.627. The number of aryl methyl sites for hydroxylation is 1. The first-order chi connectivity index (χ1) is 8.56. The molecule has 0 heterocycles. The third-order valence-electron chi connectivity index (χ3n) is 2.88. The van der Waals surface area contributed by atoms with Crippen molar-refractivity contribution in [3.63, 3.8) is 0 Å². The van der Waals surface area contributed by atoms with Crippen LogP contribution in [-0.4, -0.2) is 0 Å². The summed E-state index contributed by atoms with van der Waals surface area (Å²) in [5.41, 5.74) is 2.75. The molecule has 1 unspecified atom stereocenters. The lowest BCUT2D eigenvalue weighted by Gasteiger charge is -2.16. The van der Waals surface area contributed by atoms with E-state index in [1.165, 1.54) is 11.6 Å². The van der Waals surface area contributed by atoms with Gasteiger partial charge in [-0.15, -0.1) is 0 Å². The van der Waals surface area contributed by atoms with Crippen LogP contribution in [0.25, 0.3) is 0 Å². The smallest absolute Gasteiger partial charge is 0.146 e. The van der Waals surface area contributed by atoms with Crippen molar-refractivity contribution in [2.45, 2.75) is 19.9 Å². The van der Waals surface area contributed by atoms with Crippen molar-refractivity contribution < 1.29 is 4.39 Å². The van der Waals surface area contributed by atoms with E-state index in [0.717, 1.165) is 5.56 Å². The van der Waals surface area contributed by atoms with Crippen molar-refractivity contribution in [2.75, 3.05) is 5.32 Å². The van der Waals surface area contributed by atoms with Crippen LogP contribution in [0.3, 0.4) is 0 Å². The summed E-state index contributed by atoms with van der Waals surface area (Å²) >= 11 is 5.86. The van der Waals surface area contributed by atoms with Gasteiger partial charge in [0, 0.05) is 11.1 Å². The van der Waals surface area contributed by atoms with Crippen LogP contribution in [0.2, 0.25) is 5.02 Å². The molecule has 0 aliphatic rings. The summed E-state index contributed by atoms with van der Waals surface area (Å²) in [7, 11) is 0. The van der Waals surface area contributed by atoms with Gasteiger partial charge in [-0.25, -0.2) is 4.39 Å². The van der Waals surface area contributed by atoms with Crippen molar-refractivity contribution in [2.24, 2.45) is 0 Å². The van der Waals surface area contributed by atoms with Gasteiger partial charge in [-0.2, -0.15) is 0 Å². The molecule has 3 heteroatoms. The number of halogens is 2. The first-order valence-electron chi connectivity index (χ1n) is 5.84. The minimum absolute atomic E-state index is 0.0265. The van der Waals surface area contributed by atoms with Gasteiger partial charge in [-0.3, -0.25) is 0 Å². The van der Waals surface area contributed by atoms with E-state index >= 15 is 0 Å². The van der Waals surface area contributed by atoms with Gasteiger partial charge in [-0.1, -0.05) is 41.4 Å². The largest absolute Gasteiger partial charge is 0.376 e. The minimum atomic E-state index is -0.293. The van der Waals surface area contributed by atoms with Crippen LogP contribution in [0.15, 0.2) is 42.5 Å². The van der Waals surface area contributed by atoms with Gasteiger partial charge < -0.3 is 5.32 Å². The van der Waals surface area contributed by atoms with E-state index in [-0.39, 0.29) is 11.9 Å². The Balaban J connectivity index is 2.18. The SMILES string of the molecule is Cc1ccc(C(C)Nc2cc(Cl)ccc2F)cc1. The molecule has 0 saturated carbocycles. The molecule has 2 aromatic rings. The minimum Gasteiger partial charge on any atom is -0.376 e. The van der Waals surface area contributed by atoms with Gasteiger partial charge in [0.1, 0.15) is 5.82 Å². The van der Waals surface area contributed by atoms with Gasteiger partial charge in [-0.05, 0) is 37.6 Å². The average Bonchev–Trinajstić information content (AvgIpc) is 2.34. The molecule has 0 aliphatic heterocycles. The number of nitrogens with one attached hydrogen (secondary N) is 1. The average molecular weight is 264 g/mol. The fourth-order valence-electron chi connectivity index (χ4n) is 1.78. The number of hydrogen-bond donors (Lipinski definition) is 1. The summed E-state index contributed by atoms with van der Waals surface area (Å²) in [6, 6.07) is 12.7. The summed E-state index contributed by atoms with van der Waals surface area (Å²) in [6.45, 7) is 4.03. The Labute approximate surface area is 112 Å². The van der Waals surface area contributed by atoms with Crippen LogP contribution in [-0.2, 0) is 0 Å². The highest BCUT2D eigenvalue weighted by atomic mass is 35.5. The summed E-state index contributed by atoms with van der Waals surface area (Å²) in [5.74, 6) is -0.293. The van der Waals surface area contributed by atoms with Crippen molar-refractivity contribution in [3.8, 4) is 0 Å². The van der Waals surface area contributed by atoms with Crippen LogP contribution in [0.5, 0.6) is 0 Å². The Morgan fingerprint density at radius 3 is 2.44 bits per heavy atom. The molecule has 18 heavy (non-hydrogen) atoms. The molecule has 94 valence electrons. The third kappa shape index (κ3) is 3.02. The second-order valence-electron chi connectivity index (χ2n) is 4.40. The molecule has 0 aliphatic carbocycles. The molecular formula is C15H15ClFN. The van der Waals surface area contributed by atoms with E-state index in [2.05, 4.69) is 5.32 Å². The summed E-state index contributed by atoms with van der Waals surface area (Å²) in [4.78, 5) is 0. The highest BCUT2D eigenvalue weighted by Crippen LogP contribution is 2.24. The fraction of sp³-hybridized carbons (Fsp3) is 0.200. The second kappa shape index (κ2) is 5.40. The zero-order valence-electron chi connectivity index (χ0n) is 10.4. The molecule has 2 rings (SSSR count). The van der Waals surface area contributed by atoms with Crippen molar-refractivity contribution in [1.82, 2.24) is 0 Å². The predicted octanol–water partition coefficient (Wildman–Crippen LogP) is 4.96. The van der Waals surface area contributed by atoms with Gasteiger partial charge in [0.15, 0.2) is 0 Å². The predicted molar refractivity (Wildman–Crippen MR) is 74.6 cm³/mol. The normalized spacial score (nSPS) is 12.2. The van der Waals surface area contributed by atoms with E-state index in [4.69, 9.17) is 11.6 Å². The standard InChI is InChI=1S/C15H15ClFN/c1-10-3-5-12(6-4-10)11(2)18-15-9-13(16)7-8-14(15)17/h3-9,11,18H,1-2H3. The Kier molecular flexibility index (Phi) is 3.87. The molecule has 0 amide bonds. The maximum atomic E-state index is 13.6. The molecule has 0 aromatic heterocycles. The summed E-state index contributed by atoms with van der Waals surface area (Å²) < 4.78 is 13.6. The topological polar surface area (TPSA) is 12.0 Å². The van der Waals surface area contributed by atoms with Crippen LogP contribution in [0.1, 0.15) is 24.1 Å². The van der Waals surface area contributed by atoms with E-state index in [9.17, 15) is 4.39 Å². The molecule has 0 spiro atoms. The second-order valence-corrected chi connectivity index (χ2v) is 4.84. The Morgan fingerprint density at radius 1 is 1.11 bits per heavy atom. The van der Waals surface area contributed by atoms with E-state index in [1.807, 2.05) is 38.1 Å². The van der Waals surface area contributed by atoms with E-state index < -0.39 is 0 Å². The molecule has 0 bridgehead atoms. The van der Waals surface area contributed by atoms with E-state index in [0.29, 0.717) is 10.7 Å². The Bertz CT molecular complexity index is 537. The number of anilines is 1. The molecule has 0 saturated heterocycles. The van der Waals surface area contributed by atoms with E-state index in [1.54, 1.807) is 12.1 Å². The van der Waals surface area contributed by atoms with Gasteiger partial charge in [0.2, 0.25) is 0 Å². The molecule has 0 radical (unpaired) electrons. The maximum absolute atomic E-state index is 13.6. The van der Waals surface area contributed by atoms with Crippen LogP contribution in [0.4, 0.5) is 10.1 Å². The van der Waals surface area contributed by atoms with Crippen molar-refractivity contribution in [1.29, 1.82) is 0 Å². The molecule has 1 nitrogen and oxygen atoms in total. The number of benzene rings is 2. The Hall–Kier alpha value is -1.54. The van der Waals surface area contributed by atoms with Gasteiger partial charge in [0.05, 0.1) is 5.69 Å². The highest BCUT2D eigenvalue weighted by molar-refractivity contribution is 6.30. The highest BCUT2D eigenvalue weighted by Gasteiger charge is 2.08. The molecular weight excluding hydrogens is 249 g/mol. The first kappa shape index (κ1) is 12.9. The van der Waals surface area contributed by atoms with Crippen LogP contribution >= 0.6 is 11.6 Å². The van der Waals surface area contributed by atoms with Crippen LogP contribution < -0.4 is 5.32 Å². The molecule has 1 N–H and O–H groups in total. The van der Waals surface area contributed by atoms with Crippen molar-refractivity contribution in [3.05, 3.63) is 64.4 Å². The third-order valence-corrected chi connectivity index (χ3v) is 3.11.